The molecule has 19 heavy (non-hydrogen) atoms. The predicted molar refractivity (Wildman–Crippen MR) is 72.6 cm³/mol. The molecule has 2 aromatic rings. The summed E-state index contributed by atoms with van der Waals surface area (Å²) >= 11 is 0. The van der Waals surface area contributed by atoms with E-state index in [9.17, 15) is 4.79 Å². The molecule has 0 saturated heterocycles. The van der Waals surface area contributed by atoms with Crippen molar-refractivity contribution < 1.29 is 9.53 Å². The number of benzene rings is 1. The number of amides is 1. The molecule has 0 bridgehead atoms. The lowest BCUT2D eigenvalue weighted by atomic mass is 10.3. The van der Waals surface area contributed by atoms with Crippen LogP contribution >= 0.6 is 0 Å². The predicted octanol–water partition coefficient (Wildman–Crippen LogP) is 2.19. The Morgan fingerprint density at radius 1 is 1.11 bits per heavy atom. The number of carbonyl (C=O) groups is 1. The highest BCUT2D eigenvalue weighted by molar-refractivity contribution is 5.87. The Morgan fingerprint density at radius 3 is 2.42 bits per heavy atom. The van der Waals surface area contributed by atoms with Crippen LogP contribution < -0.4 is 15.4 Å². The zero-order valence-electron chi connectivity index (χ0n) is 10.7. The molecule has 0 unspecified atom stereocenters. The number of para-hydroxylation sites is 2. The van der Waals surface area contributed by atoms with Crippen LogP contribution in [0.5, 0.6) is 5.75 Å². The number of aromatic nitrogens is 2. The maximum atomic E-state index is 10.9. The molecule has 0 atom stereocenters. The minimum Gasteiger partial charge on any atom is -0.495 e. The van der Waals surface area contributed by atoms with Crippen LogP contribution in [0.2, 0.25) is 0 Å². The highest BCUT2D eigenvalue weighted by atomic mass is 16.5. The number of anilines is 3. The van der Waals surface area contributed by atoms with Crippen LogP contribution in [0.3, 0.4) is 0 Å². The van der Waals surface area contributed by atoms with Gasteiger partial charge in [-0.3, -0.25) is 4.79 Å². The van der Waals surface area contributed by atoms with Crippen molar-refractivity contribution in [2.45, 2.75) is 6.92 Å². The average molecular weight is 258 g/mol. The molecular weight excluding hydrogens is 244 g/mol. The van der Waals surface area contributed by atoms with Crippen LogP contribution in [-0.4, -0.2) is 23.2 Å². The van der Waals surface area contributed by atoms with Crippen molar-refractivity contribution in [3.8, 4) is 5.75 Å². The quantitative estimate of drug-likeness (QED) is 0.879. The highest BCUT2D eigenvalue weighted by Crippen LogP contribution is 2.25. The number of hydrogen-bond donors (Lipinski definition) is 2. The van der Waals surface area contributed by atoms with Crippen LogP contribution in [0.1, 0.15) is 6.92 Å². The molecule has 2 rings (SSSR count). The molecule has 0 spiro atoms. The highest BCUT2D eigenvalue weighted by Gasteiger charge is 2.04. The van der Waals surface area contributed by atoms with Crippen molar-refractivity contribution in [1.82, 2.24) is 10.2 Å². The average Bonchev–Trinajstić information content (AvgIpc) is 2.41. The van der Waals surface area contributed by atoms with E-state index in [4.69, 9.17) is 4.74 Å². The van der Waals surface area contributed by atoms with Crippen molar-refractivity contribution in [2.24, 2.45) is 0 Å². The first kappa shape index (κ1) is 12.8. The molecule has 0 saturated carbocycles. The van der Waals surface area contributed by atoms with Crippen LogP contribution in [0.25, 0.3) is 0 Å². The van der Waals surface area contributed by atoms with Gasteiger partial charge in [-0.05, 0) is 24.3 Å². The Balaban J connectivity index is 2.13. The molecule has 2 N–H and O–H groups in total. The number of carbonyl (C=O) groups excluding carboxylic acids is 1. The summed E-state index contributed by atoms with van der Waals surface area (Å²) < 4.78 is 5.23. The zero-order valence-corrected chi connectivity index (χ0v) is 10.7. The second-order valence-electron chi connectivity index (χ2n) is 3.81. The van der Waals surface area contributed by atoms with Crippen molar-refractivity contribution in [3.05, 3.63) is 36.4 Å². The molecule has 0 aliphatic rings. The first-order valence-electron chi connectivity index (χ1n) is 5.70. The van der Waals surface area contributed by atoms with E-state index in [2.05, 4.69) is 20.8 Å². The third-order valence-corrected chi connectivity index (χ3v) is 2.34. The summed E-state index contributed by atoms with van der Waals surface area (Å²) in [6, 6.07) is 10.9. The summed E-state index contributed by atoms with van der Waals surface area (Å²) in [7, 11) is 1.60. The Bertz CT molecular complexity index is 569. The number of ether oxygens (including phenoxy) is 1. The Hall–Kier alpha value is -2.63. The van der Waals surface area contributed by atoms with Gasteiger partial charge >= 0.3 is 0 Å². The molecule has 0 aliphatic carbocycles. The Labute approximate surface area is 110 Å². The number of hydrogen-bond acceptors (Lipinski definition) is 5. The van der Waals surface area contributed by atoms with E-state index in [-0.39, 0.29) is 5.91 Å². The van der Waals surface area contributed by atoms with Gasteiger partial charge in [0.15, 0.2) is 11.6 Å². The van der Waals surface area contributed by atoms with E-state index in [0.29, 0.717) is 11.6 Å². The van der Waals surface area contributed by atoms with E-state index < -0.39 is 0 Å². The molecular formula is C13H14N4O2. The van der Waals surface area contributed by atoms with E-state index in [1.807, 2.05) is 24.3 Å². The van der Waals surface area contributed by atoms with Gasteiger partial charge in [-0.1, -0.05) is 12.1 Å². The first-order valence-corrected chi connectivity index (χ1v) is 5.70. The molecule has 6 nitrogen and oxygen atoms in total. The largest absolute Gasteiger partial charge is 0.495 e. The second kappa shape index (κ2) is 5.81. The van der Waals surface area contributed by atoms with Crippen LogP contribution in [-0.2, 0) is 4.79 Å². The van der Waals surface area contributed by atoms with Gasteiger partial charge in [-0.2, -0.15) is 0 Å². The standard InChI is InChI=1S/C13H14N4O2/c1-9(18)14-12-7-8-13(17-16-12)15-10-5-3-4-6-11(10)19-2/h3-8H,1-2H3,(H,15,17)(H,14,16,18). The van der Waals surface area contributed by atoms with E-state index in [1.165, 1.54) is 6.92 Å². The smallest absolute Gasteiger partial charge is 0.222 e. The van der Waals surface area contributed by atoms with Crippen LogP contribution in [0, 0.1) is 0 Å². The third kappa shape index (κ3) is 3.41. The number of nitrogens with zero attached hydrogens (tertiary/aromatic N) is 2. The van der Waals surface area contributed by atoms with Crippen molar-refractivity contribution >= 4 is 23.2 Å². The maximum Gasteiger partial charge on any atom is 0.222 e. The van der Waals surface area contributed by atoms with E-state index >= 15 is 0 Å². The topological polar surface area (TPSA) is 76.1 Å². The van der Waals surface area contributed by atoms with Crippen molar-refractivity contribution in [2.75, 3.05) is 17.7 Å². The molecule has 1 aromatic heterocycles. The fraction of sp³-hybridized carbons (Fsp3) is 0.154. The maximum absolute atomic E-state index is 10.9. The lowest BCUT2D eigenvalue weighted by molar-refractivity contribution is -0.114. The molecule has 1 amide bonds. The normalized spacial score (nSPS) is 9.79. The lowest BCUT2D eigenvalue weighted by Gasteiger charge is -2.09. The van der Waals surface area contributed by atoms with Gasteiger partial charge in [0.1, 0.15) is 5.75 Å². The van der Waals surface area contributed by atoms with Gasteiger partial charge in [0.25, 0.3) is 0 Å². The van der Waals surface area contributed by atoms with Gasteiger partial charge < -0.3 is 15.4 Å². The zero-order chi connectivity index (χ0) is 13.7. The summed E-state index contributed by atoms with van der Waals surface area (Å²) in [6.45, 7) is 1.42. The third-order valence-electron chi connectivity index (χ3n) is 2.34. The summed E-state index contributed by atoms with van der Waals surface area (Å²) in [5.41, 5.74) is 0.798. The molecule has 0 fully saturated rings. The molecule has 1 aromatic carbocycles. The molecule has 1 heterocycles. The second-order valence-corrected chi connectivity index (χ2v) is 3.81. The summed E-state index contributed by atoms with van der Waals surface area (Å²) in [5.74, 6) is 1.52. The van der Waals surface area contributed by atoms with Crippen molar-refractivity contribution in [3.63, 3.8) is 0 Å². The number of methoxy groups -OCH3 is 1. The number of rotatable bonds is 4. The van der Waals surface area contributed by atoms with E-state index in [0.717, 1.165) is 11.4 Å². The van der Waals surface area contributed by atoms with E-state index in [1.54, 1.807) is 19.2 Å². The molecule has 0 radical (unpaired) electrons. The molecule has 6 heteroatoms. The van der Waals surface area contributed by atoms with Crippen LogP contribution in [0.15, 0.2) is 36.4 Å². The summed E-state index contributed by atoms with van der Waals surface area (Å²) in [4.78, 5) is 10.9. The molecule has 0 aliphatic heterocycles. The van der Waals surface area contributed by atoms with Gasteiger partial charge in [-0.15, -0.1) is 10.2 Å². The fourth-order valence-electron chi connectivity index (χ4n) is 1.53. The van der Waals surface area contributed by atoms with Gasteiger partial charge in [0.2, 0.25) is 5.91 Å². The van der Waals surface area contributed by atoms with Gasteiger partial charge in [0, 0.05) is 6.92 Å². The van der Waals surface area contributed by atoms with Crippen LogP contribution in [0.4, 0.5) is 17.3 Å². The van der Waals surface area contributed by atoms with Gasteiger partial charge in [-0.25, -0.2) is 0 Å². The van der Waals surface area contributed by atoms with Gasteiger partial charge in [0.05, 0.1) is 12.8 Å². The fourth-order valence-corrected chi connectivity index (χ4v) is 1.53. The minimum absolute atomic E-state index is 0.181. The van der Waals surface area contributed by atoms with Crippen molar-refractivity contribution in [1.29, 1.82) is 0 Å². The minimum atomic E-state index is -0.181. The first-order chi connectivity index (χ1) is 9.19. The SMILES string of the molecule is COc1ccccc1Nc1ccc(NC(C)=O)nn1. The Morgan fingerprint density at radius 2 is 1.79 bits per heavy atom. The lowest BCUT2D eigenvalue weighted by Crippen LogP contribution is -2.08. The summed E-state index contributed by atoms with van der Waals surface area (Å²) in [6.07, 6.45) is 0. The molecule has 98 valence electrons. The summed E-state index contributed by atoms with van der Waals surface area (Å²) in [5, 5.41) is 13.5. The number of nitrogens with one attached hydrogen (secondary N) is 2. The monoisotopic (exact) mass is 258 g/mol. The Kier molecular flexibility index (Phi) is 3.92.